The largest absolute Gasteiger partial charge is 0.508 e. The van der Waals surface area contributed by atoms with E-state index in [1.807, 2.05) is 0 Å². The van der Waals surface area contributed by atoms with Gasteiger partial charge in [-0.2, -0.15) is 5.10 Å². The van der Waals surface area contributed by atoms with E-state index in [0.29, 0.717) is 16.7 Å². The Kier molecular flexibility index (Phi) is 5.17. The minimum absolute atomic E-state index is 0.0158. The van der Waals surface area contributed by atoms with Gasteiger partial charge >= 0.3 is 0 Å². The van der Waals surface area contributed by atoms with E-state index in [4.69, 9.17) is 12.2 Å². The number of phenolic OH excluding ortho intramolecular Hbond substituents is 2. The lowest BCUT2D eigenvalue weighted by atomic mass is 9.96. The molecule has 4 N–H and O–H groups in total. The molecule has 0 spiro atoms. The maximum Gasteiger partial charge on any atom is 0.187 e. The fourth-order valence-electron chi connectivity index (χ4n) is 2.27. The smallest absolute Gasteiger partial charge is 0.187 e. The Morgan fingerprint density at radius 2 is 2.00 bits per heavy atom. The Labute approximate surface area is 123 Å². The van der Waals surface area contributed by atoms with Crippen molar-refractivity contribution in [3.63, 3.8) is 0 Å². The average molecular weight is 293 g/mol. The molecule has 5 nitrogen and oxygen atoms in total. The summed E-state index contributed by atoms with van der Waals surface area (Å²) in [4.78, 5) is 0. The van der Waals surface area contributed by atoms with Gasteiger partial charge in [-0.05, 0) is 37.2 Å². The lowest BCUT2D eigenvalue weighted by Crippen LogP contribution is -2.40. The Hall–Kier alpha value is -1.82. The number of thiocarbonyl (C=S) groups is 1. The number of hydrogen-bond acceptors (Lipinski definition) is 4. The van der Waals surface area contributed by atoms with Crippen LogP contribution in [0.3, 0.4) is 0 Å². The van der Waals surface area contributed by atoms with Crippen molar-refractivity contribution in [2.24, 2.45) is 5.10 Å². The highest BCUT2D eigenvalue weighted by molar-refractivity contribution is 7.80. The molecule has 0 aromatic heterocycles. The van der Waals surface area contributed by atoms with Gasteiger partial charge < -0.3 is 15.5 Å². The van der Waals surface area contributed by atoms with Crippen LogP contribution >= 0.6 is 12.2 Å². The predicted molar refractivity (Wildman–Crippen MR) is 83.1 cm³/mol. The van der Waals surface area contributed by atoms with Crippen LogP contribution in [0.1, 0.15) is 37.7 Å². The van der Waals surface area contributed by atoms with Crippen LogP contribution in [0.4, 0.5) is 0 Å². The second-order valence-corrected chi connectivity index (χ2v) is 5.33. The summed E-state index contributed by atoms with van der Waals surface area (Å²) < 4.78 is 0. The Balaban J connectivity index is 1.81. The van der Waals surface area contributed by atoms with Crippen molar-refractivity contribution >= 4 is 23.5 Å². The average Bonchev–Trinajstić information content (AvgIpc) is 2.42. The maximum atomic E-state index is 9.59. The van der Waals surface area contributed by atoms with Crippen LogP contribution in [0, 0.1) is 0 Å². The van der Waals surface area contributed by atoms with Gasteiger partial charge in [-0.3, -0.25) is 5.43 Å². The van der Waals surface area contributed by atoms with E-state index in [1.54, 1.807) is 6.07 Å². The molecule has 1 aliphatic carbocycles. The highest BCUT2D eigenvalue weighted by atomic mass is 32.1. The third-order valence-electron chi connectivity index (χ3n) is 3.32. The molecule has 0 radical (unpaired) electrons. The SMILES string of the molecule is Oc1ccc(C=NNC(=S)NC2CCCCC2)c(O)c1. The van der Waals surface area contributed by atoms with E-state index < -0.39 is 0 Å². The van der Waals surface area contributed by atoms with Gasteiger partial charge in [0, 0.05) is 17.7 Å². The van der Waals surface area contributed by atoms with Crippen LogP contribution in [0.15, 0.2) is 23.3 Å². The monoisotopic (exact) mass is 293 g/mol. The van der Waals surface area contributed by atoms with Crippen molar-refractivity contribution in [1.29, 1.82) is 0 Å². The number of benzene rings is 1. The molecule has 0 heterocycles. The van der Waals surface area contributed by atoms with Crippen LogP contribution in [0.2, 0.25) is 0 Å². The van der Waals surface area contributed by atoms with Crippen LogP contribution in [-0.2, 0) is 0 Å². The summed E-state index contributed by atoms with van der Waals surface area (Å²) in [6.07, 6.45) is 7.53. The summed E-state index contributed by atoms with van der Waals surface area (Å²) in [5.74, 6) is -0.0104. The lowest BCUT2D eigenvalue weighted by Gasteiger charge is -2.23. The number of nitrogens with zero attached hydrogens (tertiary/aromatic N) is 1. The zero-order valence-electron chi connectivity index (χ0n) is 11.2. The van der Waals surface area contributed by atoms with Crippen LogP contribution in [0.25, 0.3) is 0 Å². The molecular formula is C14H19N3O2S. The summed E-state index contributed by atoms with van der Waals surface area (Å²) in [6.45, 7) is 0. The van der Waals surface area contributed by atoms with Crippen LogP contribution < -0.4 is 10.7 Å². The minimum Gasteiger partial charge on any atom is -0.508 e. The first-order valence-corrected chi connectivity index (χ1v) is 7.17. The standard InChI is InChI=1S/C14H19N3O2S/c18-12-7-6-10(13(19)8-12)9-15-17-14(20)16-11-4-2-1-3-5-11/h6-9,11,18-19H,1-5H2,(H2,16,17,20). The normalized spacial score (nSPS) is 16.2. The second-order valence-electron chi connectivity index (χ2n) is 4.92. The van der Waals surface area contributed by atoms with Crippen molar-refractivity contribution in [2.45, 2.75) is 38.1 Å². The van der Waals surface area contributed by atoms with Crippen molar-refractivity contribution in [3.8, 4) is 11.5 Å². The minimum atomic E-state index is -0.0262. The fourth-order valence-corrected chi connectivity index (χ4v) is 2.49. The van der Waals surface area contributed by atoms with E-state index in [2.05, 4.69) is 15.8 Å². The third kappa shape index (κ3) is 4.38. The molecular weight excluding hydrogens is 274 g/mol. The molecule has 1 fully saturated rings. The molecule has 1 aromatic rings. The highest BCUT2D eigenvalue weighted by Gasteiger charge is 2.13. The number of hydrazone groups is 1. The van der Waals surface area contributed by atoms with Crippen LogP contribution in [-0.4, -0.2) is 27.6 Å². The van der Waals surface area contributed by atoms with Crippen molar-refractivity contribution < 1.29 is 10.2 Å². The maximum absolute atomic E-state index is 9.59. The first kappa shape index (κ1) is 14.6. The molecule has 0 bridgehead atoms. The van der Waals surface area contributed by atoms with E-state index >= 15 is 0 Å². The van der Waals surface area contributed by atoms with Gasteiger partial charge in [0.15, 0.2) is 5.11 Å². The molecule has 0 unspecified atom stereocenters. The molecule has 0 saturated heterocycles. The van der Waals surface area contributed by atoms with Gasteiger partial charge in [-0.15, -0.1) is 0 Å². The molecule has 0 amide bonds. The van der Waals surface area contributed by atoms with Gasteiger partial charge in [0.25, 0.3) is 0 Å². The molecule has 0 atom stereocenters. The first-order valence-electron chi connectivity index (χ1n) is 6.77. The van der Waals surface area contributed by atoms with Crippen molar-refractivity contribution in [3.05, 3.63) is 23.8 Å². The molecule has 1 saturated carbocycles. The zero-order valence-corrected chi connectivity index (χ0v) is 12.0. The molecule has 2 rings (SSSR count). The van der Waals surface area contributed by atoms with Gasteiger partial charge in [-0.1, -0.05) is 19.3 Å². The molecule has 108 valence electrons. The summed E-state index contributed by atoms with van der Waals surface area (Å²) in [5.41, 5.74) is 3.25. The number of nitrogens with one attached hydrogen (secondary N) is 2. The molecule has 1 aromatic carbocycles. The summed E-state index contributed by atoms with van der Waals surface area (Å²) >= 11 is 5.17. The van der Waals surface area contributed by atoms with Gasteiger partial charge in [0.2, 0.25) is 0 Å². The first-order chi connectivity index (χ1) is 9.65. The summed E-state index contributed by atoms with van der Waals surface area (Å²) in [7, 11) is 0. The Morgan fingerprint density at radius 3 is 2.70 bits per heavy atom. The Morgan fingerprint density at radius 1 is 1.25 bits per heavy atom. The molecule has 1 aliphatic rings. The van der Waals surface area contributed by atoms with E-state index in [-0.39, 0.29) is 11.5 Å². The third-order valence-corrected chi connectivity index (χ3v) is 3.53. The van der Waals surface area contributed by atoms with Gasteiger partial charge in [0.05, 0.1) is 6.21 Å². The van der Waals surface area contributed by atoms with E-state index in [0.717, 1.165) is 12.8 Å². The summed E-state index contributed by atoms with van der Waals surface area (Å²) in [5, 5.41) is 26.5. The summed E-state index contributed by atoms with van der Waals surface area (Å²) in [6, 6.07) is 4.76. The fraction of sp³-hybridized carbons (Fsp3) is 0.429. The zero-order chi connectivity index (χ0) is 14.4. The Bertz CT molecular complexity index is 499. The molecule has 0 aliphatic heterocycles. The number of hydrogen-bond donors (Lipinski definition) is 4. The van der Waals surface area contributed by atoms with E-state index in [9.17, 15) is 10.2 Å². The van der Waals surface area contributed by atoms with Crippen molar-refractivity contribution in [1.82, 2.24) is 10.7 Å². The molecule has 20 heavy (non-hydrogen) atoms. The highest BCUT2D eigenvalue weighted by Crippen LogP contribution is 2.20. The molecule has 6 heteroatoms. The van der Waals surface area contributed by atoms with Gasteiger partial charge in [-0.25, -0.2) is 0 Å². The second kappa shape index (κ2) is 7.09. The van der Waals surface area contributed by atoms with E-state index in [1.165, 1.54) is 37.6 Å². The lowest BCUT2D eigenvalue weighted by molar-refractivity contribution is 0.412. The number of phenols is 2. The van der Waals surface area contributed by atoms with Gasteiger partial charge in [0.1, 0.15) is 11.5 Å². The number of aromatic hydroxyl groups is 2. The van der Waals surface area contributed by atoms with Crippen molar-refractivity contribution in [2.75, 3.05) is 0 Å². The number of rotatable bonds is 3. The predicted octanol–water partition coefficient (Wildman–Crippen LogP) is 2.23. The quantitative estimate of drug-likeness (QED) is 0.390. The topological polar surface area (TPSA) is 76.9 Å². The van der Waals surface area contributed by atoms with Crippen LogP contribution in [0.5, 0.6) is 11.5 Å².